The van der Waals surface area contributed by atoms with Crippen LogP contribution in [-0.2, 0) is 0 Å². The van der Waals surface area contributed by atoms with E-state index in [0.717, 1.165) is 12.0 Å². The molecule has 0 saturated heterocycles. The largest absolute Gasteiger partial charge is 0.268 e. The van der Waals surface area contributed by atoms with Crippen LogP contribution in [0.5, 0.6) is 0 Å². The van der Waals surface area contributed by atoms with E-state index < -0.39 is 4.33 Å². The number of alkyl halides is 2. The van der Waals surface area contributed by atoms with Crippen molar-refractivity contribution in [2.24, 2.45) is 5.92 Å². The van der Waals surface area contributed by atoms with E-state index in [4.69, 9.17) is 23.2 Å². The second kappa shape index (κ2) is 6.31. The van der Waals surface area contributed by atoms with Crippen molar-refractivity contribution in [2.75, 3.05) is 5.75 Å². The minimum absolute atomic E-state index is 0.122. The standard InChI is InChI=1S/C18H15Cl2N3OS/c1-11-6-7-15(21-9-11)23-16(24)13-4-2-3-5-14(13)22-17(23)25-10-12-8-18(12,19)20/h2-7,9,12H,8,10H2,1H3. The van der Waals surface area contributed by atoms with Crippen LogP contribution in [0.3, 0.4) is 0 Å². The van der Waals surface area contributed by atoms with E-state index in [1.165, 1.54) is 11.8 Å². The van der Waals surface area contributed by atoms with Gasteiger partial charge in [0, 0.05) is 17.9 Å². The van der Waals surface area contributed by atoms with Crippen molar-refractivity contribution in [1.29, 1.82) is 0 Å². The number of para-hydroxylation sites is 1. The maximum Gasteiger partial charge on any atom is 0.267 e. The van der Waals surface area contributed by atoms with Gasteiger partial charge in [0.05, 0.1) is 10.9 Å². The summed E-state index contributed by atoms with van der Waals surface area (Å²) < 4.78 is 0.927. The maximum absolute atomic E-state index is 13.0. The van der Waals surface area contributed by atoms with Gasteiger partial charge in [0.15, 0.2) is 5.16 Å². The predicted molar refractivity (Wildman–Crippen MR) is 103 cm³/mol. The molecule has 4 rings (SSSR count). The van der Waals surface area contributed by atoms with E-state index in [9.17, 15) is 4.79 Å². The van der Waals surface area contributed by atoms with Crippen LogP contribution in [0.15, 0.2) is 52.5 Å². The highest BCUT2D eigenvalue weighted by molar-refractivity contribution is 7.99. The Bertz CT molecular complexity index is 1000. The van der Waals surface area contributed by atoms with Crippen molar-refractivity contribution < 1.29 is 0 Å². The number of pyridine rings is 1. The van der Waals surface area contributed by atoms with E-state index >= 15 is 0 Å². The van der Waals surface area contributed by atoms with Gasteiger partial charge < -0.3 is 0 Å². The molecule has 0 bridgehead atoms. The van der Waals surface area contributed by atoms with Crippen LogP contribution >= 0.6 is 35.0 Å². The fourth-order valence-electron chi connectivity index (χ4n) is 2.63. The van der Waals surface area contributed by atoms with Crippen molar-refractivity contribution in [3.63, 3.8) is 0 Å². The molecule has 0 aliphatic heterocycles. The van der Waals surface area contributed by atoms with Crippen molar-refractivity contribution in [3.05, 3.63) is 58.5 Å². The highest BCUT2D eigenvalue weighted by atomic mass is 35.5. The van der Waals surface area contributed by atoms with Gasteiger partial charge in [-0.05, 0) is 37.1 Å². The Balaban J connectivity index is 1.82. The molecule has 0 radical (unpaired) electrons. The van der Waals surface area contributed by atoms with Crippen molar-refractivity contribution in [1.82, 2.24) is 14.5 Å². The summed E-state index contributed by atoms with van der Waals surface area (Å²) in [6, 6.07) is 11.1. The molecular weight excluding hydrogens is 377 g/mol. The Morgan fingerprint density at radius 3 is 2.72 bits per heavy atom. The van der Waals surface area contributed by atoms with Crippen LogP contribution in [0.2, 0.25) is 0 Å². The zero-order valence-corrected chi connectivity index (χ0v) is 15.8. The van der Waals surface area contributed by atoms with Crippen LogP contribution in [-0.4, -0.2) is 24.6 Å². The number of nitrogens with zero attached hydrogens (tertiary/aromatic N) is 3. The van der Waals surface area contributed by atoms with E-state index in [-0.39, 0.29) is 11.5 Å². The molecule has 0 spiro atoms. The summed E-state index contributed by atoms with van der Waals surface area (Å²) >= 11 is 13.7. The average molecular weight is 392 g/mol. The van der Waals surface area contributed by atoms with Crippen LogP contribution in [0.1, 0.15) is 12.0 Å². The van der Waals surface area contributed by atoms with Crippen molar-refractivity contribution >= 4 is 45.9 Å². The Hall–Kier alpha value is -1.56. The first kappa shape index (κ1) is 16.9. The van der Waals surface area contributed by atoms with Gasteiger partial charge in [0.2, 0.25) is 0 Å². The van der Waals surface area contributed by atoms with Crippen LogP contribution in [0.4, 0.5) is 0 Å². The van der Waals surface area contributed by atoms with E-state index in [1.54, 1.807) is 16.8 Å². The SMILES string of the molecule is Cc1ccc(-n2c(SCC3CC3(Cl)Cl)nc3ccccc3c2=O)nc1. The third-order valence-corrected chi connectivity index (χ3v) is 6.27. The molecule has 1 saturated carbocycles. The third kappa shape index (κ3) is 3.28. The molecule has 0 amide bonds. The topological polar surface area (TPSA) is 47.8 Å². The maximum atomic E-state index is 13.0. The molecule has 4 nitrogen and oxygen atoms in total. The zero-order chi connectivity index (χ0) is 17.6. The number of thioether (sulfide) groups is 1. The minimum Gasteiger partial charge on any atom is -0.268 e. The number of halogens is 2. The summed E-state index contributed by atoms with van der Waals surface area (Å²) in [6.45, 7) is 1.96. The summed E-state index contributed by atoms with van der Waals surface area (Å²) in [6.07, 6.45) is 2.51. The van der Waals surface area contributed by atoms with Gasteiger partial charge >= 0.3 is 0 Å². The molecule has 1 aromatic carbocycles. The van der Waals surface area contributed by atoms with Crippen LogP contribution in [0, 0.1) is 12.8 Å². The molecule has 25 heavy (non-hydrogen) atoms. The molecule has 128 valence electrons. The zero-order valence-electron chi connectivity index (χ0n) is 13.4. The van der Waals surface area contributed by atoms with Gasteiger partial charge in [-0.1, -0.05) is 30.0 Å². The monoisotopic (exact) mass is 391 g/mol. The minimum atomic E-state index is -0.642. The lowest BCUT2D eigenvalue weighted by Crippen LogP contribution is -2.22. The number of aromatic nitrogens is 3. The average Bonchev–Trinajstić information content (AvgIpc) is 3.21. The second-order valence-electron chi connectivity index (χ2n) is 6.22. The molecule has 2 aromatic heterocycles. The Labute approximate surface area is 159 Å². The molecule has 1 fully saturated rings. The molecular formula is C18H15Cl2N3OS. The smallest absolute Gasteiger partial charge is 0.267 e. The number of hydrogen-bond acceptors (Lipinski definition) is 4. The van der Waals surface area contributed by atoms with E-state index in [1.807, 2.05) is 37.3 Å². The molecule has 7 heteroatoms. The van der Waals surface area contributed by atoms with E-state index in [0.29, 0.717) is 27.6 Å². The summed E-state index contributed by atoms with van der Waals surface area (Å²) in [7, 11) is 0. The lowest BCUT2D eigenvalue weighted by Gasteiger charge is -2.12. The van der Waals surface area contributed by atoms with Gasteiger partial charge in [-0.15, -0.1) is 23.2 Å². The van der Waals surface area contributed by atoms with Gasteiger partial charge in [0.25, 0.3) is 5.56 Å². The predicted octanol–water partition coefficient (Wildman–Crippen LogP) is 4.38. The first-order valence-corrected chi connectivity index (χ1v) is 9.65. The molecule has 0 N–H and O–H groups in total. The summed E-state index contributed by atoms with van der Waals surface area (Å²) in [5.74, 6) is 1.49. The Kier molecular flexibility index (Phi) is 4.26. The number of hydrogen-bond donors (Lipinski definition) is 0. The quantitative estimate of drug-likeness (QED) is 0.376. The molecule has 2 heterocycles. The van der Waals surface area contributed by atoms with E-state index in [2.05, 4.69) is 9.97 Å². The molecule has 1 unspecified atom stereocenters. The highest BCUT2D eigenvalue weighted by Gasteiger charge is 2.51. The van der Waals surface area contributed by atoms with Gasteiger partial charge in [0.1, 0.15) is 10.2 Å². The van der Waals surface area contributed by atoms with Gasteiger partial charge in [-0.2, -0.15) is 0 Å². The van der Waals surface area contributed by atoms with Gasteiger partial charge in [-0.3, -0.25) is 4.79 Å². The normalized spacial score (nSPS) is 18.4. The van der Waals surface area contributed by atoms with Crippen molar-refractivity contribution in [3.8, 4) is 5.82 Å². The first-order valence-electron chi connectivity index (χ1n) is 7.91. The molecule has 1 atom stereocenters. The number of rotatable bonds is 4. The molecule has 1 aliphatic carbocycles. The number of fused-ring (bicyclic) bond motifs is 1. The Morgan fingerprint density at radius 1 is 1.28 bits per heavy atom. The lowest BCUT2D eigenvalue weighted by molar-refractivity contribution is 0.792. The highest BCUT2D eigenvalue weighted by Crippen LogP contribution is 2.54. The fourth-order valence-corrected chi connectivity index (χ4v) is 4.56. The fraction of sp³-hybridized carbons (Fsp3) is 0.278. The van der Waals surface area contributed by atoms with Gasteiger partial charge in [-0.25, -0.2) is 14.5 Å². The lowest BCUT2D eigenvalue weighted by atomic mass is 10.2. The molecule has 3 aromatic rings. The second-order valence-corrected chi connectivity index (χ2v) is 8.75. The van der Waals surface area contributed by atoms with Crippen LogP contribution < -0.4 is 5.56 Å². The number of aryl methyl sites for hydroxylation is 1. The summed E-state index contributed by atoms with van der Waals surface area (Å²) in [5, 5.41) is 1.18. The third-order valence-electron chi connectivity index (χ3n) is 4.24. The van der Waals surface area contributed by atoms with Crippen LogP contribution in [0.25, 0.3) is 16.7 Å². The Morgan fingerprint density at radius 2 is 2.04 bits per heavy atom. The first-order chi connectivity index (χ1) is 12.0. The summed E-state index contributed by atoms with van der Waals surface area (Å²) in [4.78, 5) is 22.1. The van der Waals surface area contributed by atoms with Crippen molar-refractivity contribution in [2.45, 2.75) is 22.8 Å². The number of benzene rings is 1. The molecule has 1 aliphatic rings. The summed E-state index contributed by atoms with van der Waals surface area (Å²) in [5.41, 5.74) is 1.59.